The van der Waals surface area contributed by atoms with Crippen molar-refractivity contribution >= 4 is 5.97 Å². The fourth-order valence-corrected chi connectivity index (χ4v) is 3.45. The molecular weight excluding hydrogens is 358 g/mol. The molecule has 0 spiro atoms. The zero-order valence-electron chi connectivity index (χ0n) is 16.4. The monoisotopic (exact) mass is 381 g/mol. The molecule has 0 fully saturated rings. The lowest BCUT2D eigenvalue weighted by Crippen LogP contribution is -2.16. The Hall–Kier alpha value is -3.22. The van der Waals surface area contributed by atoms with Gasteiger partial charge in [0.05, 0.1) is 6.20 Å². The van der Waals surface area contributed by atoms with E-state index in [9.17, 15) is 4.79 Å². The fraction of sp³-hybridized carbons (Fsp3) is 0.333. The maximum absolute atomic E-state index is 12.9. The summed E-state index contributed by atoms with van der Waals surface area (Å²) in [5.41, 5.74) is 3.32. The predicted molar refractivity (Wildman–Crippen MR) is 103 cm³/mol. The molecule has 2 aromatic heterocycles. The summed E-state index contributed by atoms with van der Waals surface area (Å²) in [5.74, 6) is 1.66. The van der Waals surface area contributed by atoms with Crippen LogP contribution in [-0.4, -0.2) is 33.5 Å². The van der Waals surface area contributed by atoms with E-state index in [0.717, 1.165) is 17.0 Å². The van der Waals surface area contributed by atoms with Gasteiger partial charge in [0.15, 0.2) is 11.5 Å². The second-order valence-corrected chi connectivity index (χ2v) is 6.91. The number of aryl methyl sites for hydroxylation is 3. The third kappa shape index (κ3) is 3.13. The van der Waals surface area contributed by atoms with Gasteiger partial charge < -0.3 is 18.8 Å². The van der Waals surface area contributed by atoms with E-state index in [1.54, 1.807) is 10.9 Å². The van der Waals surface area contributed by atoms with Crippen LogP contribution in [0.4, 0.5) is 0 Å². The van der Waals surface area contributed by atoms with Gasteiger partial charge in [0.25, 0.3) is 0 Å². The normalized spacial score (nSPS) is 14.0. The van der Waals surface area contributed by atoms with Crippen molar-refractivity contribution in [2.75, 3.05) is 13.2 Å². The molecule has 7 heteroatoms. The van der Waals surface area contributed by atoms with E-state index in [2.05, 4.69) is 5.10 Å². The molecule has 3 heterocycles. The molecule has 28 heavy (non-hydrogen) atoms. The lowest BCUT2D eigenvalue weighted by atomic mass is 10.1. The Kier molecular flexibility index (Phi) is 4.58. The molecule has 0 amide bonds. The van der Waals surface area contributed by atoms with Crippen molar-refractivity contribution in [1.82, 2.24) is 14.3 Å². The number of carbonyl (C=O) groups excluding carboxylic acids is 1. The molecule has 1 aromatic carbocycles. The first-order valence-corrected chi connectivity index (χ1v) is 9.23. The summed E-state index contributed by atoms with van der Waals surface area (Å²) < 4.78 is 20.6. The van der Waals surface area contributed by atoms with Gasteiger partial charge in [-0.3, -0.25) is 4.68 Å². The molecule has 146 valence electrons. The molecule has 0 aliphatic carbocycles. The molecule has 7 nitrogen and oxygen atoms in total. The number of nitrogens with zero attached hydrogens (tertiary/aromatic N) is 3. The topological polar surface area (TPSA) is 67.5 Å². The lowest BCUT2D eigenvalue weighted by Gasteiger charge is -2.21. The van der Waals surface area contributed by atoms with Crippen molar-refractivity contribution in [1.29, 1.82) is 0 Å². The standard InChI is InChI=1S/C21H23N3O4/c1-13-5-6-14(2)24(13)20-17(12-22-23(20)4)21(25)28-15(3)16-7-8-18-19(11-16)27-10-9-26-18/h5-8,11-12,15H,9-10H2,1-4H3/t15-/m0/s1. The largest absolute Gasteiger partial charge is 0.486 e. The van der Waals surface area contributed by atoms with Crippen molar-refractivity contribution in [3.63, 3.8) is 0 Å². The number of aromatic nitrogens is 3. The highest BCUT2D eigenvalue weighted by atomic mass is 16.6. The minimum Gasteiger partial charge on any atom is -0.486 e. The SMILES string of the molecule is Cc1ccc(C)n1-c1c(C(=O)O[C@@H](C)c2ccc3c(c2)OCCO3)cnn1C. The van der Waals surface area contributed by atoms with Crippen LogP contribution in [0.25, 0.3) is 5.82 Å². The highest BCUT2D eigenvalue weighted by molar-refractivity contribution is 5.93. The van der Waals surface area contributed by atoms with E-state index in [1.807, 2.05) is 62.7 Å². The summed E-state index contributed by atoms with van der Waals surface area (Å²) in [7, 11) is 1.81. The van der Waals surface area contributed by atoms with Gasteiger partial charge in [-0.2, -0.15) is 5.10 Å². The number of hydrogen-bond acceptors (Lipinski definition) is 5. The van der Waals surface area contributed by atoms with Crippen LogP contribution in [0.1, 0.15) is 40.3 Å². The van der Waals surface area contributed by atoms with Crippen molar-refractivity contribution in [2.45, 2.75) is 26.9 Å². The molecule has 0 N–H and O–H groups in total. The zero-order valence-corrected chi connectivity index (χ0v) is 16.4. The Morgan fingerprint density at radius 2 is 1.79 bits per heavy atom. The first-order chi connectivity index (χ1) is 13.5. The Bertz CT molecular complexity index is 1010. The summed E-state index contributed by atoms with van der Waals surface area (Å²) in [6, 6.07) is 9.60. The van der Waals surface area contributed by atoms with Gasteiger partial charge in [-0.05, 0) is 50.6 Å². The fourth-order valence-electron chi connectivity index (χ4n) is 3.45. The van der Waals surface area contributed by atoms with E-state index in [0.29, 0.717) is 36.1 Å². The van der Waals surface area contributed by atoms with Gasteiger partial charge in [0, 0.05) is 18.4 Å². The van der Waals surface area contributed by atoms with Crippen LogP contribution in [0.5, 0.6) is 11.5 Å². The van der Waals surface area contributed by atoms with Crippen LogP contribution in [-0.2, 0) is 11.8 Å². The Balaban J connectivity index is 1.60. The smallest absolute Gasteiger partial charge is 0.344 e. The van der Waals surface area contributed by atoms with Gasteiger partial charge in [0.2, 0.25) is 0 Å². The first-order valence-electron chi connectivity index (χ1n) is 9.23. The van der Waals surface area contributed by atoms with E-state index < -0.39 is 12.1 Å². The molecule has 1 aliphatic heterocycles. The van der Waals surface area contributed by atoms with E-state index >= 15 is 0 Å². The molecule has 1 aliphatic rings. The predicted octanol–water partition coefficient (Wildman–Crippen LogP) is 3.52. The van der Waals surface area contributed by atoms with Crippen LogP contribution in [0, 0.1) is 13.8 Å². The molecule has 0 unspecified atom stereocenters. The molecular formula is C21H23N3O4. The first kappa shape index (κ1) is 18.2. The maximum atomic E-state index is 12.9. The number of rotatable bonds is 4. The molecule has 3 aromatic rings. The summed E-state index contributed by atoms with van der Waals surface area (Å²) in [6.07, 6.45) is 1.11. The van der Waals surface area contributed by atoms with Gasteiger partial charge in [-0.25, -0.2) is 4.79 Å². The second-order valence-electron chi connectivity index (χ2n) is 6.91. The Morgan fingerprint density at radius 3 is 2.50 bits per heavy atom. The average molecular weight is 381 g/mol. The van der Waals surface area contributed by atoms with Gasteiger partial charge in [-0.1, -0.05) is 6.07 Å². The van der Waals surface area contributed by atoms with Gasteiger partial charge >= 0.3 is 5.97 Å². The molecule has 1 atom stereocenters. The van der Waals surface area contributed by atoms with E-state index in [-0.39, 0.29) is 0 Å². The zero-order chi connectivity index (χ0) is 19.8. The van der Waals surface area contributed by atoms with Crippen LogP contribution in [0.2, 0.25) is 0 Å². The van der Waals surface area contributed by atoms with Gasteiger partial charge in [0.1, 0.15) is 30.7 Å². The van der Waals surface area contributed by atoms with Crippen LogP contribution < -0.4 is 9.47 Å². The maximum Gasteiger partial charge on any atom is 0.344 e. The minimum atomic E-state index is -0.441. The highest BCUT2D eigenvalue weighted by Gasteiger charge is 2.24. The number of carbonyl (C=O) groups is 1. The number of ether oxygens (including phenoxy) is 3. The van der Waals surface area contributed by atoms with Crippen LogP contribution >= 0.6 is 0 Å². The third-order valence-corrected chi connectivity index (χ3v) is 4.93. The number of esters is 1. The lowest BCUT2D eigenvalue weighted by molar-refractivity contribution is 0.0336. The van der Waals surface area contributed by atoms with Gasteiger partial charge in [-0.15, -0.1) is 0 Å². The molecule has 0 bridgehead atoms. The summed E-state index contributed by atoms with van der Waals surface area (Å²) in [5, 5.41) is 4.27. The highest BCUT2D eigenvalue weighted by Crippen LogP contribution is 2.34. The van der Waals surface area contributed by atoms with E-state index in [1.165, 1.54) is 0 Å². The number of benzene rings is 1. The minimum absolute atomic E-state index is 0.419. The number of hydrogen-bond donors (Lipinski definition) is 0. The van der Waals surface area contributed by atoms with E-state index in [4.69, 9.17) is 14.2 Å². The summed E-state index contributed by atoms with van der Waals surface area (Å²) in [4.78, 5) is 12.9. The Morgan fingerprint density at radius 1 is 1.11 bits per heavy atom. The summed E-state index contributed by atoms with van der Waals surface area (Å²) in [6.45, 7) is 6.88. The Labute approximate surface area is 163 Å². The number of fused-ring (bicyclic) bond motifs is 1. The van der Waals surface area contributed by atoms with Crippen LogP contribution in [0.3, 0.4) is 0 Å². The van der Waals surface area contributed by atoms with Crippen molar-refractivity contribution in [3.05, 3.63) is 59.0 Å². The second kappa shape index (κ2) is 7.07. The molecule has 4 rings (SSSR count). The van der Waals surface area contributed by atoms with Crippen molar-refractivity contribution < 1.29 is 19.0 Å². The molecule has 0 radical (unpaired) electrons. The summed E-state index contributed by atoms with van der Waals surface area (Å²) >= 11 is 0. The molecule has 0 saturated carbocycles. The van der Waals surface area contributed by atoms with Crippen molar-refractivity contribution in [2.24, 2.45) is 7.05 Å². The third-order valence-electron chi connectivity index (χ3n) is 4.93. The average Bonchev–Trinajstić information content (AvgIpc) is 3.22. The van der Waals surface area contributed by atoms with Crippen molar-refractivity contribution in [3.8, 4) is 17.3 Å². The van der Waals surface area contributed by atoms with Crippen LogP contribution in [0.15, 0.2) is 36.5 Å². The molecule has 0 saturated heterocycles. The quantitative estimate of drug-likeness (QED) is 0.647.